The maximum atomic E-state index is 12.4. The maximum Gasteiger partial charge on any atom is 0.274 e. The summed E-state index contributed by atoms with van der Waals surface area (Å²) >= 11 is 0. The fourth-order valence-corrected chi connectivity index (χ4v) is 4.75. The molecule has 0 aliphatic carbocycles. The zero-order valence-corrected chi connectivity index (χ0v) is 15.1. The van der Waals surface area contributed by atoms with Gasteiger partial charge in [0.1, 0.15) is 5.69 Å². The minimum atomic E-state index is -2.96. The molecule has 1 aliphatic heterocycles. The Bertz CT molecular complexity index is 896. The van der Waals surface area contributed by atoms with Crippen molar-refractivity contribution in [3.8, 4) is 0 Å². The fraction of sp³-hybridized carbons (Fsp3) is 0.333. The number of pyridine rings is 1. The van der Waals surface area contributed by atoms with Crippen LogP contribution in [0.1, 0.15) is 22.5 Å². The minimum Gasteiger partial charge on any atom is -0.370 e. The van der Waals surface area contributed by atoms with Gasteiger partial charge in [0.15, 0.2) is 9.84 Å². The number of benzene rings is 1. The topological polar surface area (TPSA) is 79.4 Å². The van der Waals surface area contributed by atoms with Crippen molar-refractivity contribution in [2.75, 3.05) is 28.8 Å². The molecule has 1 aromatic carbocycles. The molecule has 0 saturated carbocycles. The molecular weight excluding hydrogens is 338 g/mol. The van der Waals surface area contributed by atoms with Gasteiger partial charge in [-0.25, -0.2) is 8.42 Å². The number of rotatable bonds is 4. The second kappa shape index (κ2) is 6.84. The van der Waals surface area contributed by atoms with E-state index in [0.29, 0.717) is 17.8 Å². The lowest BCUT2D eigenvalue weighted by atomic mass is 10.2. The number of hydrogen-bond acceptors (Lipinski definition) is 5. The van der Waals surface area contributed by atoms with Gasteiger partial charge in [-0.3, -0.25) is 9.78 Å². The fourth-order valence-electron chi connectivity index (χ4n) is 2.97. The summed E-state index contributed by atoms with van der Waals surface area (Å²) < 4.78 is 23.4. The Labute approximate surface area is 147 Å². The molecule has 1 fully saturated rings. The van der Waals surface area contributed by atoms with Crippen LogP contribution in [0, 0.1) is 6.92 Å². The minimum absolute atomic E-state index is 0.0694. The van der Waals surface area contributed by atoms with E-state index in [4.69, 9.17) is 0 Å². The third-order valence-corrected chi connectivity index (χ3v) is 6.17. The molecule has 0 spiro atoms. The van der Waals surface area contributed by atoms with E-state index >= 15 is 0 Å². The number of nitrogens with zero attached hydrogens (tertiary/aromatic N) is 2. The number of amides is 1. The van der Waals surface area contributed by atoms with Crippen LogP contribution < -0.4 is 10.2 Å². The van der Waals surface area contributed by atoms with E-state index in [9.17, 15) is 13.2 Å². The van der Waals surface area contributed by atoms with Crippen LogP contribution >= 0.6 is 0 Å². The van der Waals surface area contributed by atoms with Crippen LogP contribution in [-0.4, -0.2) is 43.9 Å². The van der Waals surface area contributed by atoms with Crippen LogP contribution in [0.2, 0.25) is 0 Å². The molecule has 6 nitrogen and oxygen atoms in total. The second-order valence-electron chi connectivity index (χ2n) is 6.39. The largest absolute Gasteiger partial charge is 0.370 e. The second-order valence-corrected chi connectivity index (χ2v) is 8.62. The third-order valence-electron chi connectivity index (χ3n) is 4.42. The number of carbonyl (C=O) groups is 1. The molecule has 1 aromatic heterocycles. The summed E-state index contributed by atoms with van der Waals surface area (Å²) in [5.74, 6) is 0.0737. The molecule has 7 heteroatoms. The van der Waals surface area contributed by atoms with Gasteiger partial charge in [0.2, 0.25) is 0 Å². The molecule has 1 unspecified atom stereocenters. The highest BCUT2D eigenvalue weighted by atomic mass is 32.2. The molecule has 0 radical (unpaired) electrons. The molecule has 3 rings (SSSR count). The van der Waals surface area contributed by atoms with Gasteiger partial charge in [-0.1, -0.05) is 12.1 Å². The molecule has 2 heterocycles. The summed E-state index contributed by atoms with van der Waals surface area (Å²) in [7, 11) is -1.11. The highest BCUT2D eigenvalue weighted by molar-refractivity contribution is 7.91. The van der Waals surface area contributed by atoms with E-state index in [2.05, 4.69) is 10.3 Å². The molecule has 1 N–H and O–H groups in total. The number of sulfone groups is 1. The average molecular weight is 359 g/mol. The zero-order valence-electron chi connectivity index (χ0n) is 14.3. The maximum absolute atomic E-state index is 12.4. The van der Waals surface area contributed by atoms with Crippen molar-refractivity contribution in [3.05, 3.63) is 53.9 Å². The van der Waals surface area contributed by atoms with Gasteiger partial charge in [-0.2, -0.15) is 0 Å². The van der Waals surface area contributed by atoms with Crippen LogP contribution in [0.25, 0.3) is 0 Å². The smallest absolute Gasteiger partial charge is 0.274 e. The molecule has 2 aromatic rings. The summed E-state index contributed by atoms with van der Waals surface area (Å²) in [6, 6.07) is 11.0. The third kappa shape index (κ3) is 4.17. The van der Waals surface area contributed by atoms with Crippen LogP contribution in [0.4, 0.5) is 11.4 Å². The summed E-state index contributed by atoms with van der Waals surface area (Å²) in [6.07, 6.45) is 2.17. The quantitative estimate of drug-likeness (QED) is 0.906. The van der Waals surface area contributed by atoms with Gasteiger partial charge in [0.05, 0.1) is 11.5 Å². The van der Waals surface area contributed by atoms with Crippen molar-refractivity contribution in [2.24, 2.45) is 0 Å². The first-order valence-corrected chi connectivity index (χ1v) is 9.93. The number of carbonyl (C=O) groups excluding carboxylic acids is 1. The number of nitrogens with one attached hydrogen (secondary N) is 1. The van der Waals surface area contributed by atoms with Gasteiger partial charge in [-0.15, -0.1) is 0 Å². The van der Waals surface area contributed by atoms with E-state index in [1.165, 1.54) is 0 Å². The van der Waals surface area contributed by atoms with E-state index < -0.39 is 9.84 Å². The molecule has 1 amide bonds. The normalized spacial score (nSPS) is 18.7. The number of aromatic nitrogens is 1. The van der Waals surface area contributed by atoms with Crippen molar-refractivity contribution in [1.82, 2.24) is 4.98 Å². The zero-order chi connectivity index (χ0) is 18.0. The van der Waals surface area contributed by atoms with Gasteiger partial charge in [0.25, 0.3) is 5.91 Å². The van der Waals surface area contributed by atoms with Crippen molar-refractivity contribution in [2.45, 2.75) is 19.4 Å². The molecule has 1 saturated heterocycles. The predicted molar refractivity (Wildman–Crippen MR) is 98.8 cm³/mol. The van der Waals surface area contributed by atoms with Crippen LogP contribution in [-0.2, 0) is 9.84 Å². The first kappa shape index (κ1) is 17.4. The molecule has 0 bridgehead atoms. The Kier molecular flexibility index (Phi) is 4.76. The monoisotopic (exact) mass is 359 g/mol. The summed E-state index contributed by atoms with van der Waals surface area (Å²) in [5.41, 5.74) is 2.85. The van der Waals surface area contributed by atoms with Crippen molar-refractivity contribution in [1.29, 1.82) is 0 Å². The Morgan fingerprint density at radius 3 is 2.76 bits per heavy atom. The first-order valence-electron chi connectivity index (χ1n) is 8.11. The summed E-state index contributed by atoms with van der Waals surface area (Å²) in [6.45, 7) is 1.96. The highest BCUT2D eigenvalue weighted by Crippen LogP contribution is 2.23. The average Bonchev–Trinajstić information content (AvgIpc) is 2.94. The van der Waals surface area contributed by atoms with Gasteiger partial charge >= 0.3 is 0 Å². The number of aryl methyl sites for hydroxylation is 1. The lowest BCUT2D eigenvalue weighted by molar-refractivity contribution is 0.102. The van der Waals surface area contributed by atoms with Gasteiger partial charge in [-0.05, 0) is 43.2 Å². The van der Waals surface area contributed by atoms with Crippen molar-refractivity contribution in [3.63, 3.8) is 0 Å². The number of hydrogen-bond donors (Lipinski definition) is 1. The molecular formula is C18H21N3O3S. The SMILES string of the molecule is Cc1cccc(NC(=O)c2cc(N(C)C3CCS(=O)(=O)C3)ccn2)c1. The van der Waals surface area contributed by atoms with Crippen molar-refractivity contribution >= 4 is 27.1 Å². The van der Waals surface area contributed by atoms with E-state index in [1.54, 1.807) is 18.3 Å². The molecule has 132 valence electrons. The Balaban J connectivity index is 1.76. The Hall–Kier alpha value is -2.41. The van der Waals surface area contributed by atoms with Crippen LogP contribution in [0.3, 0.4) is 0 Å². The van der Waals surface area contributed by atoms with Crippen molar-refractivity contribution < 1.29 is 13.2 Å². The summed E-state index contributed by atoms with van der Waals surface area (Å²) in [4.78, 5) is 18.5. The predicted octanol–water partition coefficient (Wildman–Crippen LogP) is 2.27. The number of anilines is 2. The van der Waals surface area contributed by atoms with Crippen LogP contribution in [0.15, 0.2) is 42.6 Å². The van der Waals surface area contributed by atoms with E-state index in [-0.39, 0.29) is 23.5 Å². The molecule has 25 heavy (non-hydrogen) atoms. The molecule has 1 aliphatic rings. The van der Waals surface area contributed by atoms with Crippen LogP contribution in [0.5, 0.6) is 0 Å². The van der Waals surface area contributed by atoms with Gasteiger partial charge < -0.3 is 10.2 Å². The highest BCUT2D eigenvalue weighted by Gasteiger charge is 2.31. The standard InChI is InChI=1S/C18H21N3O3S/c1-13-4-3-5-14(10-13)20-18(22)17-11-15(6-8-19-17)21(2)16-7-9-25(23,24)12-16/h3-6,8,10-11,16H,7,9,12H2,1-2H3,(H,20,22). The first-order chi connectivity index (χ1) is 11.8. The van der Waals surface area contributed by atoms with E-state index in [1.807, 2.05) is 43.1 Å². The Morgan fingerprint density at radius 1 is 1.28 bits per heavy atom. The van der Waals surface area contributed by atoms with Gasteiger partial charge in [0, 0.05) is 30.7 Å². The lowest BCUT2D eigenvalue weighted by Gasteiger charge is -2.25. The lowest BCUT2D eigenvalue weighted by Crippen LogP contribution is -2.32. The summed E-state index contributed by atoms with van der Waals surface area (Å²) in [5, 5.41) is 2.83. The Morgan fingerprint density at radius 2 is 2.08 bits per heavy atom. The van der Waals surface area contributed by atoms with E-state index in [0.717, 1.165) is 11.3 Å². The molecule has 1 atom stereocenters.